The summed E-state index contributed by atoms with van der Waals surface area (Å²) in [5, 5.41) is 9.93. The molecule has 194 valence electrons. The van der Waals surface area contributed by atoms with Crippen molar-refractivity contribution in [2.75, 3.05) is 7.11 Å². The van der Waals surface area contributed by atoms with Crippen LogP contribution in [0.1, 0.15) is 11.1 Å². The third kappa shape index (κ3) is 4.87. The fourth-order valence-electron chi connectivity index (χ4n) is 3.75. The van der Waals surface area contributed by atoms with Crippen molar-refractivity contribution in [2.24, 2.45) is 19.8 Å². The van der Waals surface area contributed by atoms with E-state index in [0.717, 1.165) is 4.57 Å². The molecule has 0 aliphatic carbocycles. The molecule has 0 unspecified atom stereocenters. The van der Waals surface area contributed by atoms with Gasteiger partial charge in [-0.2, -0.15) is 10.2 Å². The number of methoxy groups -OCH3 is 1. The number of halogens is 2. The van der Waals surface area contributed by atoms with Crippen LogP contribution >= 0.6 is 23.2 Å². The van der Waals surface area contributed by atoms with Crippen molar-refractivity contribution in [2.45, 2.75) is 6.54 Å². The minimum Gasteiger partial charge on any atom is -0.493 e. The first-order valence-corrected chi connectivity index (χ1v) is 11.7. The van der Waals surface area contributed by atoms with Crippen LogP contribution in [0.3, 0.4) is 0 Å². The topological polar surface area (TPSA) is 147 Å². The van der Waals surface area contributed by atoms with Gasteiger partial charge in [-0.1, -0.05) is 35.3 Å². The summed E-state index contributed by atoms with van der Waals surface area (Å²) in [6.45, 7) is 0.0720. The lowest BCUT2D eigenvalue weighted by molar-refractivity contribution is -0.114. The number of carbonyl (C=O) groups excluding carboxylic acids is 1. The molecule has 0 bridgehead atoms. The standard InChI is InChI=1S/C25H20Cl2N6O5/c1-31-22-20(23(35)32(2)25(31)36)33(12-14-5-6-16(26)10-17(14)27)24(30-22)38-18-7-4-13(9-19(18)37-3)8-15(11-28)21(29)34/h4-10H,12H2,1-3H3,(H2,29,34)/b15-8-. The highest BCUT2D eigenvalue weighted by molar-refractivity contribution is 6.35. The zero-order valence-electron chi connectivity index (χ0n) is 20.4. The van der Waals surface area contributed by atoms with E-state index in [4.69, 9.17) is 43.7 Å². The number of imidazole rings is 1. The molecule has 0 atom stereocenters. The highest BCUT2D eigenvalue weighted by Crippen LogP contribution is 2.34. The number of ether oxygens (including phenoxy) is 2. The Bertz CT molecular complexity index is 1800. The second-order valence-electron chi connectivity index (χ2n) is 8.14. The lowest BCUT2D eigenvalue weighted by Gasteiger charge is -2.13. The SMILES string of the molecule is COc1cc(/C=C(/C#N)C(N)=O)ccc1Oc1nc2c(c(=O)n(C)c(=O)n2C)n1Cc1ccc(Cl)cc1Cl. The van der Waals surface area contributed by atoms with Crippen LogP contribution in [0.25, 0.3) is 17.2 Å². The predicted molar refractivity (Wildman–Crippen MR) is 142 cm³/mol. The maximum absolute atomic E-state index is 13.2. The van der Waals surface area contributed by atoms with Crippen molar-refractivity contribution in [3.63, 3.8) is 0 Å². The zero-order chi connectivity index (χ0) is 27.7. The van der Waals surface area contributed by atoms with Crippen LogP contribution in [-0.2, 0) is 25.4 Å². The normalized spacial score (nSPS) is 11.4. The lowest BCUT2D eigenvalue weighted by atomic mass is 10.1. The molecule has 2 heterocycles. The predicted octanol–water partition coefficient (Wildman–Crippen LogP) is 2.98. The van der Waals surface area contributed by atoms with Gasteiger partial charge >= 0.3 is 11.7 Å². The second-order valence-corrected chi connectivity index (χ2v) is 8.98. The Labute approximate surface area is 225 Å². The van der Waals surface area contributed by atoms with Gasteiger partial charge in [0.2, 0.25) is 0 Å². The van der Waals surface area contributed by atoms with Gasteiger partial charge in [-0.15, -0.1) is 0 Å². The summed E-state index contributed by atoms with van der Waals surface area (Å²) in [5.41, 5.74) is 5.16. The van der Waals surface area contributed by atoms with Crippen LogP contribution in [-0.4, -0.2) is 31.7 Å². The van der Waals surface area contributed by atoms with Crippen molar-refractivity contribution >= 4 is 46.3 Å². The number of aromatic nitrogens is 4. The molecular formula is C25H20Cl2N6O5. The molecule has 4 aromatic rings. The average Bonchev–Trinajstić information content (AvgIpc) is 3.24. The smallest absolute Gasteiger partial charge is 0.332 e. The van der Waals surface area contributed by atoms with Crippen LogP contribution in [0, 0.1) is 11.3 Å². The first-order chi connectivity index (χ1) is 18.0. The molecule has 2 aromatic heterocycles. The zero-order valence-corrected chi connectivity index (χ0v) is 21.9. The van der Waals surface area contributed by atoms with E-state index in [9.17, 15) is 14.4 Å². The molecule has 0 fully saturated rings. The molecule has 0 saturated heterocycles. The summed E-state index contributed by atoms with van der Waals surface area (Å²) >= 11 is 12.4. The number of carbonyl (C=O) groups is 1. The quantitative estimate of drug-likeness (QED) is 0.272. The van der Waals surface area contributed by atoms with Gasteiger partial charge in [-0.25, -0.2) is 4.79 Å². The Morgan fingerprint density at radius 1 is 1.13 bits per heavy atom. The molecule has 1 amide bonds. The summed E-state index contributed by atoms with van der Waals surface area (Å²) in [6, 6.07) is 11.3. The Kier molecular flexibility index (Phi) is 7.30. The van der Waals surface area contributed by atoms with E-state index < -0.39 is 17.2 Å². The summed E-state index contributed by atoms with van der Waals surface area (Å²) in [6.07, 6.45) is 1.31. The van der Waals surface area contributed by atoms with Gasteiger partial charge in [0.15, 0.2) is 22.7 Å². The number of rotatable bonds is 7. The molecule has 4 rings (SSSR count). The molecule has 0 radical (unpaired) electrons. The molecule has 2 aromatic carbocycles. The molecule has 0 spiro atoms. The van der Waals surface area contributed by atoms with Gasteiger partial charge in [0.05, 0.1) is 13.7 Å². The van der Waals surface area contributed by atoms with Crippen molar-refractivity contribution in [3.8, 4) is 23.6 Å². The van der Waals surface area contributed by atoms with E-state index in [0.29, 0.717) is 21.2 Å². The number of amides is 1. The van der Waals surface area contributed by atoms with Crippen LogP contribution in [0.15, 0.2) is 51.6 Å². The molecule has 38 heavy (non-hydrogen) atoms. The van der Waals surface area contributed by atoms with Crippen LogP contribution in [0.4, 0.5) is 0 Å². The van der Waals surface area contributed by atoms with Gasteiger partial charge in [-0.3, -0.25) is 23.3 Å². The number of nitriles is 1. The molecule has 2 N–H and O–H groups in total. The highest BCUT2D eigenvalue weighted by Gasteiger charge is 2.22. The fraction of sp³-hybridized carbons (Fsp3) is 0.160. The summed E-state index contributed by atoms with van der Waals surface area (Å²) in [5.74, 6) is -0.415. The third-order valence-corrected chi connectivity index (χ3v) is 6.33. The van der Waals surface area contributed by atoms with E-state index in [1.54, 1.807) is 30.3 Å². The van der Waals surface area contributed by atoms with Crippen LogP contribution < -0.4 is 26.5 Å². The first kappa shape index (κ1) is 26.5. The number of nitrogens with zero attached hydrogens (tertiary/aromatic N) is 5. The second kappa shape index (κ2) is 10.5. The summed E-state index contributed by atoms with van der Waals surface area (Å²) in [7, 11) is 4.27. The van der Waals surface area contributed by atoms with Crippen LogP contribution in [0.5, 0.6) is 17.5 Å². The molecule has 0 aliphatic rings. The number of benzene rings is 2. The molecule has 11 nitrogen and oxygen atoms in total. The first-order valence-electron chi connectivity index (χ1n) is 10.9. The van der Waals surface area contributed by atoms with Crippen molar-refractivity contribution in [1.29, 1.82) is 5.26 Å². The highest BCUT2D eigenvalue weighted by atomic mass is 35.5. The van der Waals surface area contributed by atoms with E-state index in [1.807, 2.05) is 0 Å². The molecule has 13 heteroatoms. The Morgan fingerprint density at radius 3 is 2.50 bits per heavy atom. The Hall–Kier alpha value is -4.53. The molecule has 0 saturated carbocycles. The van der Waals surface area contributed by atoms with Crippen molar-refractivity contribution in [1.82, 2.24) is 18.7 Å². The van der Waals surface area contributed by atoms with Gasteiger partial charge in [0, 0.05) is 24.1 Å². The van der Waals surface area contributed by atoms with E-state index in [2.05, 4.69) is 4.98 Å². The number of fused-ring (bicyclic) bond motifs is 1. The number of aryl methyl sites for hydroxylation is 1. The maximum Gasteiger partial charge on any atom is 0.332 e. The van der Waals surface area contributed by atoms with E-state index >= 15 is 0 Å². The summed E-state index contributed by atoms with van der Waals surface area (Å²) in [4.78, 5) is 41.6. The van der Waals surface area contributed by atoms with E-state index in [1.165, 1.54) is 48.5 Å². The number of primary amides is 1. The average molecular weight is 555 g/mol. The van der Waals surface area contributed by atoms with Gasteiger partial charge in [0.25, 0.3) is 11.5 Å². The minimum atomic E-state index is -0.867. The molecular weight excluding hydrogens is 535 g/mol. The third-order valence-electron chi connectivity index (χ3n) is 5.74. The van der Waals surface area contributed by atoms with Gasteiger partial charge in [0.1, 0.15) is 11.6 Å². The van der Waals surface area contributed by atoms with Crippen molar-refractivity contribution in [3.05, 3.63) is 84.0 Å². The maximum atomic E-state index is 13.2. The van der Waals surface area contributed by atoms with Gasteiger partial charge < -0.3 is 15.2 Å². The number of nitrogens with two attached hydrogens (primary N) is 1. The number of hydrogen-bond donors (Lipinski definition) is 1. The monoisotopic (exact) mass is 554 g/mol. The lowest BCUT2D eigenvalue weighted by Crippen LogP contribution is -2.37. The van der Waals surface area contributed by atoms with Crippen LogP contribution in [0.2, 0.25) is 10.0 Å². The minimum absolute atomic E-state index is 0.0132. The Morgan fingerprint density at radius 2 is 1.87 bits per heavy atom. The Balaban J connectivity index is 1.89. The van der Waals surface area contributed by atoms with E-state index in [-0.39, 0.29) is 40.8 Å². The fourth-order valence-corrected chi connectivity index (χ4v) is 4.22. The summed E-state index contributed by atoms with van der Waals surface area (Å²) < 4.78 is 15.2. The largest absolute Gasteiger partial charge is 0.493 e. The molecule has 0 aliphatic heterocycles. The van der Waals surface area contributed by atoms with Gasteiger partial charge in [-0.05, 0) is 41.5 Å². The van der Waals surface area contributed by atoms with Crippen molar-refractivity contribution < 1.29 is 14.3 Å². The number of hydrogen-bond acceptors (Lipinski definition) is 7.